The van der Waals surface area contributed by atoms with E-state index >= 15 is 0 Å². The van der Waals surface area contributed by atoms with E-state index in [0.717, 1.165) is 24.5 Å². The first-order chi connectivity index (χ1) is 9.29. The van der Waals surface area contributed by atoms with Crippen LogP contribution in [0.1, 0.15) is 16.1 Å². The van der Waals surface area contributed by atoms with Crippen molar-refractivity contribution in [1.82, 2.24) is 9.97 Å². The predicted octanol–water partition coefficient (Wildman–Crippen LogP) is 2.44. The van der Waals surface area contributed by atoms with Gasteiger partial charge in [-0.25, -0.2) is 9.78 Å². The van der Waals surface area contributed by atoms with Crippen LogP contribution >= 0.6 is 0 Å². The lowest BCUT2D eigenvalue weighted by atomic mass is 10.1. The van der Waals surface area contributed by atoms with E-state index in [1.807, 2.05) is 0 Å². The standard InChI is InChI=1S/C12H8F3N3O2/c13-12(14,15)8-3-7(16)5-18-10(8)6-1-2-9(11(19)20)17-4-6/h1-5H,16H2,(H,19,20). The molecule has 20 heavy (non-hydrogen) atoms. The molecular weight excluding hydrogens is 275 g/mol. The lowest BCUT2D eigenvalue weighted by molar-refractivity contribution is -0.137. The van der Waals surface area contributed by atoms with Gasteiger partial charge in [0.05, 0.1) is 23.1 Å². The first kappa shape index (κ1) is 13.8. The molecule has 5 nitrogen and oxygen atoms in total. The number of nitrogens with two attached hydrogens (primary N) is 1. The topological polar surface area (TPSA) is 89.1 Å². The minimum Gasteiger partial charge on any atom is -0.477 e. The molecule has 0 bridgehead atoms. The number of alkyl halides is 3. The minimum atomic E-state index is -4.62. The molecule has 0 unspecified atom stereocenters. The van der Waals surface area contributed by atoms with E-state index < -0.39 is 17.7 Å². The number of carbonyl (C=O) groups is 1. The molecule has 0 saturated heterocycles. The smallest absolute Gasteiger partial charge is 0.418 e. The Morgan fingerprint density at radius 1 is 1.20 bits per heavy atom. The number of hydrogen-bond donors (Lipinski definition) is 2. The molecule has 2 heterocycles. The van der Waals surface area contributed by atoms with Crippen molar-refractivity contribution in [3.05, 3.63) is 41.9 Å². The maximum Gasteiger partial charge on any atom is 0.418 e. The van der Waals surface area contributed by atoms with Crippen LogP contribution in [0.4, 0.5) is 18.9 Å². The molecule has 2 aromatic rings. The highest BCUT2D eigenvalue weighted by Crippen LogP contribution is 2.36. The van der Waals surface area contributed by atoms with Gasteiger partial charge in [-0.05, 0) is 18.2 Å². The minimum absolute atomic E-state index is 0.0577. The van der Waals surface area contributed by atoms with Crippen molar-refractivity contribution in [2.75, 3.05) is 5.73 Å². The van der Waals surface area contributed by atoms with Crippen LogP contribution in [0.2, 0.25) is 0 Å². The summed E-state index contributed by atoms with van der Waals surface area (Å²) < 4.78 is 38.7. The first-order valence-corrected chi connectivity index (χ1v) is 5.31. The predicted molar refractivity (Wildman–Crippen MR) is 63.8 cm³/mol. The van der Waals surface area contributed by atoms with Crippen LogP contribution in [0.3, 0.4) is 0 Å². The fourth-order valence-corrected chi connectivity index (χ4v) is 1.59. The van der Waals surface area contributed by atoms with Crippen molar-refractivity contribution in [3.8, 4) is 11.3 Å². The molecule has 0 saturated carbocycles. The number of carboxylic acids is 1. The Kier molecular flexibility index (Phi) is 3.31. The highest BCUT2D eigenvalue weighted by atomic mass is 19.4. The number of anilines is 1. The lowest BCUT2D eigenvalue weighted by Crippen LogP contribution is -2.10. The Labute approximate surface area is 110 Å². The summed E-state index contributed by atoms with van der Waals surface area (Å²) in [4.78, 5) is 17.9. The van der Waals surface area contributed by atoms with Gasteiger partial charge in [0, 0.05) is 11.8 Å². The summed E-state index contributed by atoms with van der Waals surface area (Å²) in [6.45, 7) is 0. The lowest BCUT2D eigenvalue weighted by Gasteiger charge is -2.12. The first-order valence-electron chi connectivity index (χ1n) is 5.31. The van der Waals surface area contributed by atoms with E-state index in [2.05, 4.69) is 9.97 Å². The van der Waals surface area contributed by atoms with Gasteiger partial charge in [0.15, 0.2) is 0 Å². The monoisotopic (exact) mass is 283 g/mol. The average Bonchev–Trinajstić information content (AvgIpc) is 2.38. The van der Waals surface area contributed by atoms with Gasteiger partial charge in [0.1, 0.15) is 5.69 Å². The Hall–Kier alpha value is -2.64. The molecule has 8 heteroatoms. The Balaban J connectivity index is 2.55. The summed E-state index contributed by atoms with van der Waals surface area (Å²) in [5.41, 5.74) is 3.64. The van der Waals surface area contributed by atoms with Crippen LogP contribution in [0, 0.1) is 0 Å². The summed E-state index contributed by atoms with van der Waals surface area (Å²) in [6.07, 6.45) is -2.50. The van der Waals surface area contributed by atoms with Gasteiger partial charge in [-0.2, -0.15) is 13.2 Å². The largest absolute Gasteiger partial charge is 0.477 e. The van der Waals surface area contributed by atoms with Gasteiger partial charge in [-0.3, -0.25) is 4.98 Å². The van der Waals surface area contributed by atoms with E-state index in [4.69, 9.17) is 10.8 Å². The van der Waals surface area contributed by atoms with Crippen LogP contribution in [0.25, 0.3) is 11.3 Å². The van der Waals surface area contributed by atoms with Crippen molar-refractivity contribution in [2.24, 2.45) is 0 Å². The molecule has 2 rings (SSSR count). The van der Waals surface area contributed by atoms with Gasteiger partial charge in [0.25, 0.3) is 0 Å². The summed E-state index contributed by atoms with van der Waals surface area (Å²) in [5, 5.41) is 8.69. The Morgan fingerprint density at radius 2 is 1.90 bits per heavy atom. The van der Waals surface area contributed by atoms with E-state index in [1.54, 1.807) is 0 Å². The van der Waals surface area contributed by atoms with Crippen molar-refractivity contribution in [2.45, 2.75) is 6.18 Å². The maximum absolute atomic E-state index is 12.9. The van der Waals surface area contributed by atoms with Gasteiger partial charge in [-0.1, -0.05) is 0 Å². The van der Waals surface area contributed by atoms with E-state index in [0.29, 0.717) is 0 Å². The summed E-state index contributed by atoms with van der Waals surface area (Å²) in [5.74, 6) is -1.27. The van der Waals surface area contributed by atoms with Crippen LogP contribution in [0.5, 0.6) is 0 Å². The number of rotatable bonds is 2. The molecule has 0 radical (unpaired) electrons. The number of nitrogens with zero attached hydrogens (tertiary/aromatic N) is 2. The maximum atomic E-state index is 12.9. The molecule has 3 N–H and O–H groups in total. The highest BCUT2D eigenvalue weighted by molar-refractivity contribution is 5.85. The number of hydrogen-bond acceptors (Lipinski definition) is 4. The van der Waals surface area contributed by atoms with Crippen molar-refractivity contribution in [3.63, 3.8) is 0 Å². The third-order valence-corrected chi connectivity index (χ3v) is 2.47. The highest BCUT2D eigenvalue weighted by Gasteiger charge is 2.34. The normalized spacial score (nSPS) is 11.3. The fourth-order valence-electron chi connectivity index (χ4n) is 1.59. The van der Waals surface area contributed by atoms with Crippen molar-refractivity contribution < 1.29 is 23.1 Å². The number of carboxylic acid groups (broad SMARTS) is 1. The average molecular weight is 283 g/mol. The molecular formula is C12H8F3N3O2. The number of aromatic nitrogens is 2. The third kappa shape index (κ3) is 2.68. The van der Waals surface area contributed by atoms with E-state index in [-0.39, 0.29) is 22.6 Å². The Morgan fingerprint density at radius 3 is 2.40 bits per heavy atom. The Bertz CT molecular complexity index is 654. The number of halogens is 3. The van der Waals surface area contributed by atoms with E-state index in [9.17, 15) is 18.0 Å². The van der Waals surface area contributed by atoms with Crippen molar-refractivity contribution in [1.29, 1.82) is 0 Å². The zero-order valence-corrected chi connectivity index (χ0v) is 9.85. The summed E-state index contributed by atoms with van der Waals surface area (Å²) >= 11 is 0. The molecule has 0 amide bonds. The number of pyridine rings is 2. The quantitative estimate of drug-likeness (QED) is 0.883. The fraction of sp³-hybridized carbons (Fsp3) is 0.0833. The van der Waals surface area contributed by atoms with Crippen LogP contribution in [-0.4, -0.2) is 21.0 Å². The molecule has 0 fully saturated rings. The molecule has 0 aliphatic rings. The second-order valence-electron chi connectivity index (χ2n) is 3.90. The number of nitrogen functional groups attached to an aromatic ring is 1. The molecule has 0 aliphatic carbocycles. The molecule has 0 aliphatic heterocycles. The van der Waals surface area contributed by atoms with Gasteiger partial charge >= 0.3 is 12.1 Å². The molecule has 104 valence electrons. The molecule has 2 aromatic heterocycles. The zero-order valence-electron chi connectivity index (χ0n) is 9.85. The summed E-state index contributed by atoms with van der Waals surface area (Å²) in [7, 11) is 0. The SMILES string of the molecule is Nc1cnc(-c2ccc(C(=O)O)nc2)c(C(F)(F)F)c1. The van der Waals surface area contributed by atoms with Crippen LogP contribution in [0.15, 0.2) is 30.6 Å². The molecule has 0 atom stereocenters. The van der Waals surface area contributed by atoms with Gasteiger partial charge in [-0.15, -0.1) is 0 Å². The van der Waals surface area contributed by atoms with Gasteiger partial charge in [0.2, 0.25) is 0 Å². The zero-order chi connectivity index (χ0) is 14.9. The number of aromatic carboxylic acids is 1. The third-order valence-electron chi connectivity index (χ3n) is 2.47. The van der Waals surface area contributed by atoms with Gasteiger partial charge < -0.3 is 10.8 Å². The van der Waals surface area contributed by atoms with Crippen molar-refractivity contribution >= 4 is 11.7 Å². The second kappa shape index (κ2) is 4.80. The second-order valence-corrected chi connectivity index (χ2v) is 3.90. The van der Waals surface area contributed by atoms with E-state index in [1.165, 1.54) is 6.07 Å². The molecule has 0 aromatic carbocycles. The molecule has 0 spiro atoms. The summed E-state index contributed by atoms with van der Waals surface area (Å²) in [6, 6.07) is 3.09. The van der Waals surface area contributed by atoms with Crippen LogP contribution in [-0.2, 0) is 6.18 Å². The van der Waals surface area contributed by atoms with Crippen LogP contribution < -0.4 is 5.73 Å².